The Balaban J connectivity index is 1.76. The van der Waals surface area contributed by atoms with Crippen molar-refractivity contribution in [2.45, 2.75) is 18.4 Å². The van der Waals surface area contributed by atoms with E-state index in [1.807, 2.05) is 0 Å². The van der Waals surface area contributed by atoms with Gasteiger partial charge in [0.1, 0.15) is 5.82 Å². The third-order valence-corrected chi connectivity index (χ3v) is 4.50. The number of hydrogen-bond donors (Lipinski definition) is 1. The van der Waals surface area contributed by atoms with E-state index in [1.54, 1.807) is 18.2 Å². The third kappa shape index (κ3) is 2.87. The van der Waals surface area contributed by atoms with Crippen LogP contribution in [-0.2, 0) is 0 Å². The Labute approximate surface area is 146 Å². The number of aromatic nitrogens is 2. The Hall–Kier alpha value is -3.03. The maximum absolute atomic E-state index is 14.1. The fraction of sp³-hybridized carbons (Fsp3) is 0.222. The van der Waals surface area contributed by atoms with Gasteiger partial charge in [-0.3, -0.25) is 0 Å². The van der Waals surface area contributed by atoms with Crippen molar-refractivity contribution in [3.63, 3.8) is 0 Å². The molecule has 1 atom stereocenters. The van der Waals surface area contributed by atoms with E-state index in [2.05, 4.69) is 5.10 Å². The molecule has 0 unspecified atom stereocenters. The molecule has 4 rings (SSSR count). The molecular weight excluding hydrogens is 347 g/mol. The minimum atomic E-state index is -2.91. The van der Waals surface area contributed by atoms with Crippen molar-refractivity contribution < 1.29 is 23.1 Å². The summed E-state index contributed by atoms with van der Waals surface area (Å²) in [7, 11) is 0. The average Bonchev–Trinajstić information content (AvgIpc) is 3.14. The molecule has 0 saturated carbocycles. The highest BCUT2D eigenvalue weighted by atomic mass is 19.3. The van der Waals surface area contributed by atoms with Crippen LogP contribution in [0.15, 0.2) is 48.7 Å². The lowest BCUT2D eigenvalue weighted by atomic mass is 10.0. The topological polar surface area (TPSA) is 57.8 Å². The van der Waals surface area contributed by atoms with Gasteiger partial charge in [-0.2, -0.15) is 5.10 Å². The normalized spacial score (nSPS) is 19.2. The van der Waals surface area contributed by atoms with Crippen LogP contribution in [0.25, 0.3) is 5.52 Å². The minimum Gasteiger partial charge on any atom is -0.476 e. The molecule has 1 aromatic carbocycles. The number of carboxylic acid groups (broad SMARTS) is 1. The van der Waals surface area contributed by atoms with Gasteiger partial charge in [0.05, 0.1) is 18.1 Å². The molecule has 0 spiro atoms. The summed E-state index contributed by atoms with van der Waals surface area (Å²) < 4.78 is 43.1. The first-order valence-electron chi connectivity index (χ1n) is 7.95. The van der Waals surface area contributed by atoms with Crippen LogP contribution < -0.4 is 4.90 Å². The van der Waals surface area contributed by atoms with Gasteiger partial charge in [-0.25, -0.2) is 22.5 Å². The predicted molar refractivity (Wildman–Crippen MR) is 88.2 cm³/mol. The van der Waals surface area contributed by atoms with Crippen LogP contribution in [0.1, 0.15) is 28.5 Å². The van der Waals surface area contributed by atoms with Gasteiger partial charge in [0.25, 0.3) is 5.92 Å². The number of carbonyl (C=O) groups is 1. The van der Waals surface area contributed by atoms with Crippen LogP contribution in [0.3, 0.4) is 0 Å². The summed E-state index contributed by atoms with van der Waals surface area (Å²) in [6, 6.07) is 9.56. The Kier molecular flexibility index (Phi) is 3.64. The summed E-state index contributed by atoms with van der Waals surface area (Å²) in [6.07, 6.45) is 1.11. The first kappa shape index (κ1) is 16.4. The molecule has 134 valence electrons. The minimum absolute atomic E-state index is 0.129. The zero-order chi connectivity index (χ0) is 18.5. The summed E-state index contributed by atoms with van der Waals surface area (Å²) in [5, 5.41) is 12.9. The monoisotopic (exact) mass is 361 g/mol. The van der Waals surface area contributed by atoms with Gasteiger partial charge in [0, 0.05) is 18.3 Å². The van der Waals surface area contributed by atoms with Crippen LogP contribution in [0.5, 0.6) is 0 Å². The smallest absolute Gasteiger partial charge is 0.356 e. The van der Waals surface area contributed by atoms with E-state index < -0.39 is 36.7 Å². The number of nitrogens with zero attached hydrogens (tertiary/aromatic N) is 3. The number of fused-ring (bicyclic) bond motifs is 1. The molecule has 0 bridgehead atoms. The molecule has 2 aromatic heterocycles. The third-order valence-electron chi connectivity index (χ3n) is 4.50. The second kappa shape index (κ2) is 5.76. The maximum Gasteiger partial charge on any atom is 0.356 e. The van der Waals surface area contributed by atoms with Gasteiger partial charge in [-0.1, -0.05) is 12.1 Å². The molecule has 26 heavy (non-hydrogen) atoms. The van der Waals surface area contributed by atoms with Crippen LogP contribution in [0, 0.1) is 5.82 Å². The molecule has 1 N–H and O–H groups in total. The number of carboxylic acids is 1. The highest BCUT2D eigenvalue weighted by molar-refractivity contribution is 5.87. The zero-order valence-corrected chi connectivity index (χ0v) is 13.4. The number of pyridine rings is 1. The number of aromatic carboxylic acids is 1. The van der Waals surface area contributed by atoms with Crippen molar-refractivity contribution >= 4 is 17.2 Å². The summed E-state index contributed by atoms with van der Waals surface area (Å²) in [5.74, 6) is -4.55. The molecule has 0 amide bonds. The molecule has 0 radical (unpaired) electrons. The molecule has 1 aliphatic rings. The second-order valence-electron chi connectivity index (χ2n) is 6.35. The lowest BCUT2D eigenvalue weighted by Crippen LogP contribution is -2.26. The molecule has 1 fully saturated rings. The van der Waals surface area contributed by atoms with E-state index in [-0.39, 0.29) is 5.69 Å². The van der Waals surface area contributed by atoms with E-state index in [9.17, 15) is 18.0 Å². The van der Waals surface area contributed by atoms with E-state index in [0.29, 0.717) is 16.8 Å². The van der Waals surface area contributed by atoms with Gasteiger partial charge in [0.2, 0.25) is 0 Å². The first-order valence-corrected chi connectivity index (χ1v) is 7.95. The molecule has 1 aliphatic heterocycles. The summed E-state index contributed by atoms with van der Waals surface area (Å²) in [5.41, 5.74) is 1.33. The largest absolute Gasteiger partial charge is 0.476 e. The van der Waals surface area contributed by atoms with Crippen molar-refractivity contribution in [2.24, 2.45) is 0 Å². The van der Waals surface area contributed by atoms with Gasteiger partial charge in [0.15, 0.2) is 5.69 Å². The van der Waals surface area contributed by atoms with E-state index in [1.165, 1.54) is 39.9 Å². The number of halogens is 3. The predicted octanol–water partition coefficient (Wildman–Crippen LogP) is 3.76. The van der Waals surface area contributed by atoms with Gasteiger partial charge in [-0.05, 0) is 35.9 Å². The van der Waals surface area contributed by atoms with Crippen molar-refractivity contribution in [3.05, 3.63) is 65.7 Å². The standard InChI is InChI=1S/C18H14F3N3O2/c19-12-3-1-2-11(6-12)16-9-18(20,21)10-23(16)13-4-5-24-14(7-13)8-15(22-24)17(25)26/h1-8,16H,9-10H2,(H,25,26)/t16-/m1/s1. The van der Waals surface area contributed by atoms with Gasteiger partial charge < -0.3 is 10.0 Å². The highest BCUT2D eigenvalue weighted by Crippen LogP contribution is 2.43. The Bertz CT molecular complexity index is 1000. The summed E-state index contributed by atoms with van der Waals surface area (Å²) in [6.45, 7) is -0.496. The molecule has 8 heteroatoms. The number of benzene rings is 1. The first-order chi connectivity index (χ1) is 12.3. The van der Waals surface area contributed by atoms with Crippen molar-refractivity contribution in [1.29, 1.82) is 0 Å². The molecular formula is C18H14F3N3O2. The quantitative estimate of drug-likeness (QED) is 0.772. The van der Waals surface area contributed by atoms with Crippen LogP contribution >= 0.6 is 0 Å². The Morgan fingerprint density at radius 3 is 2.77 bits per heavy atom. The van der Waals surface area contributed by atoms with Crippen molar-refractivity contribution in [3.8, 4) is 0 Å². The van der Waals surface area contributed by atoms with E-state index >= 15 is 0 Å². The van der Waals surface area contributed by atoms with Crippen LogP contribution in [-0.4, -0.2) is 33.2 Å². The highest BCUT2D eigenvalue weighted by Gasteiger charge is 2.45. The summed E-state index contributed by atoms with van der Waals surface area (Å²) >= 11 is 0. The summed E-state index contributed by atoms with van der Waals surface area (Å²) in [4.78, 5) is 12.6. The molecule has 0 aliphatic carbocycles. The van der Waals surface area contributed by atoms with E-state index in [0.717, 1.165) is 0 Å². The zero-order valence-electron chi connectivity index (χ0n) is 13.4. The fourth-order valence-corrected chi connectivity index (χ4v) is 3.37. The van der Waals surface area contributed by atoms with Crippen LogP contribution in [0.4, 0.5) is 18.9 Å². The SMILES string of the molecule is O=C(O)c1cc2cc(N3CC(F)(F)C[C@@H]3c3cccc(F)c3)ccn2n1. The Morgan fingerprint density at radius 2 is 2.04 bits per heavy atom. The second-order valence-corrected chi connectivity index (χ2v) is 6.35. The molecule has 3 aromatic rings. The van der Waals surface area contributed by atoms with Crippen LogP contribution in [0.2, 0.25) is 0 Å². The lowest BCUT2D eigenvalue weighted by Gasteiger charge is -2.26. The van der Waals surface area contributed by atoms with Crippen molar-refractivity contribution in [1.82, 2.24) is 9.61 Å². The average molecular weight is 361 g/mol. The fourth-order valence-electron chi connectivity index (χ4n) is 3.37. The maximum atomic E-state index is 14.1. The number of anilines is 1. The van der Waals surface area contributed by atoms with Gasteiger partial charge >= 0.3 is 5.97 Å². The molecule has 5 nitrogen and oxygen atoms in total. The molecule has 1 saturated heterocycles. The number of rotatable bonds is 3. The van der Waals surface area contributed by atoms with Gasteiger partial charge in [-0.15, -0.1) is 0 Å². The number of hydrogen-bond acceptors (Lipinski definition) is 3. The molecule has 3 heterocycles. The Morgan fingerprint density at radius 1 is 1.23 bits per heavy atom. The number of alkyl halides is 2. The lowest BCUT2D eigenvalue weighted by molar-refractivity contribution is 0.0223. The van der Waals surface area contributed by atoms with E-state index in [4.69, 9.17) is 5.11 Å². The van der Waals surface area contributed by atoms with Crippen molar-refractivity contribution in [2.75, 3.05) is 11.4 Å².